The average Bonchev–Trinajstić information content (AvgIpc) is 2.99. The predicted molar refractivity (Wildman–Crippen MR) is 70.5 cm³/mol. The first-order valence-electron chi connectivity index (χ1n) is 5.79. The van der Waals surface area contributed by atoms with E-state index < -0.39 is 11.8 Å². The van der Waals surface area contributed by atoms with E-state index in [0.717, 1.165) is 0 Å². The molecule has 0 aliphatic rings. The van der Waals surface area contributed by atoms with Crippen LogP contribution in [0.4, 0.5) is 0 Å². The fourth-order valence-electron chi connectivity index (χ4n) is 1.33. The lowest BCUT2D eigenvalue weighted by molar-refractivity contribution is -0.139. The van der Waals surface area contributed by atoms with E-state index in [1.807, 2.05) is 0 Å². The first-order chi connectivity index (χ1) is 9.75. The molecule has 2 amide bonds. The highest BCUT2D eigenvalue weighted by Crippen LogP contribution is 1.98. The maximum atomic E-state index is 11.4. The summed E-state index contributed by atoms with van der Waals surface area (Å²) in [5.74, 6) is -1.08. The molecule has 0 saturated carbocycles. The largest absolute Gasteiger partial charge is 0.467 e. The minimum absolute atomic E-state index is 0.144. The molecule has 2 heterocycles. The first kappa shape index (κ1) is 13.5. The van der Waals surface area contributed by atoms with Gasteiger partial charge in [-0.25, -0.2) is 5.43 Å². The van der Waals surface area contributed by atoms with Crippen LogP contribution in [-0.2, 0) is 16.1 Å². The molecule has 7 heteroatoms. The summed E-state index contributed by atoms with van der Waals surface area (Å²) in [6.45, 7) is 0.144. The van der Waals surface area contributed by atoms with Crippen LogP contribution in [0.2, 0.25) is 0 Å². The number of carbonyl (C=O) groups is 2. The molecule has 102 valence electrons. The second-order valence-corrected chi connectivity index (χ2v) is 3.75. The van der Waals surface area contributed by atoms with Crippen LogP contribution in [0.25, 0.3) is 0 Å². The third kappa shape index (κ3) is 4.05. The second kappa shape index (κ2) is 6.83. The topological polar surface area (TPSA) is 96.6 Å². The molecule has 0 unspecified atom stereocenters. The molecule has 20 heavy (non-hydrogen) atoms. The summed E-state index contributed by atoms with van der Waals surface area (Å²) in [5, 5.41) is 6.06. The summed E-state index contributed by atoms with van der Waals surface area (Å²) in [7, 11) is 0. The lowest BCUT2D eigenvalue weighted by Crippen LogP contribution is -2.37. The monoisotopic (exact) mass is 272 g/mol. The number of nitrogens with one attached hydrogen (secondary N) is 2. The van der Waals surface area contributed by atoms with Gasteiger partial charge in [0.25, 0.3) is 0 Å². The van der Waals surface area contributed by atoms with Crippen molar-refractivity contribution >= 4 is 18.0 Å². The molecule has 2 aromatic heterocycles. The van der Waals surface area contributed by atoms with Crippen LogP contribution in [0.3, 0.4) is 0 Å². The Morgan fingerprint density at radius 2 is 2.20 bits per heavy atom. The van der Waals surface area contributed by atoms with E-state index in [-0.39, 0.29) is 6.54 Å². The summed E-state index contributed by atoms with van der Waals surface area (Å²) in [6, 6.07) is 6.89. The van der Waals surface area contributed by atoms with Crippen LogP contribution in [0.15, 0.2) is 52.4 Å². The Bertz CT molecular complexity index is 593. The number of hydrogen-bond donors (Lipinski definition) is 2. The van der Waals surface area contributed by atoms with Crippen LogP contribution < -0.4 is 10.7 Å². The minimum atomic E-state index is -0.850. The van der Waals surface area contributed by atoms with Gasteiger partial charge in [0, 0.05) is 18.0 Å². The molecule has 2 aromatic rings. The Morgan fingerprint density at radius 1 is 1.30 bits per heavy atom. The van der Waals surface area contributed by atoms with Crippen molar-refractivity contribution in [3.05, 3.63) is 54.2 Å². The molecule has 2 rings (SSSR count). The van der Waals surface area contributed by atoms with E-state index >= 15 is 0 Å². The van der Waals surface area contributed by atoms with E-state index in [0.29, 0.717) is 11.3 Å². The molecule has 0 bridgehead atoms. The van der Waals surface area contributed by atoms with Gasteiger partial charge in [0.1, 0.15) is 5.76 Å². The highest BCUT2D eigenvalue weighted by Gasteiger charge is 2.12. The summed E-state index contributed by atoms with van der Waals surface area (Å²) < 4.78 is 5.02. The normalized spacial score (nSPS) is 10.4. The Kier molecular flexibility index (Phi) is 4.60. The molecule has 0 aromatic carbocycles. The summed E-state index contributed by atoms with van der Waals surface area (Å²) in [5.41, 5.74) is 2.83. The van der Waals surface area contributed by atoms with Crippen LogP contribution in [-0.4, -0.2) is 23.0 Å². The molecule has 0 spiro atoms. The van der Waals surface area contributed by atoms with Crippen molar-refractivity contribution in [2.75, 3.05) is 0 Å². The number of aromatic nitrogens is 1. The Balaban J connectivity index is 1.76. The predicted octanol–water partition coefficient (Wildman–Crippen LogP) is 0.441. The van der Waals surface area contributed by atoms with Crippen molar-refractivity contribution in [3.8, 4) is 0 Å². The number of hydrogen-bond acceptors (Lipinski definition) is 5. The number of rotatable bonds is 4. The number of nitrogens with zero attached hydrogens (tertiary/aromatic N) is 2. The summed E-state index contributed by atoms with van der Waals surface area (Å²) in [4.78, 5) is 26.7. The second-order valence-electron chi connectivity index (χ2n) is 3.75. The Hall–Kier alpha value is -2.96. The van der Waals surface area contributed by atoms with Gasteiger partial charge < -0.3 is 9.73 Å². The lowest BCUT2D eigenvalue weighted by atomic mass is 10.3. The maximum Gasteiger partial charge on any atom is 0.329 e. The molecule has 0 fully saturated rings. The number of hydrazone groups is 1. The van der Waals surface area contributed by atoms with E-state index in [2.05, 4.69) is 20.8 Å². The van der Waals surface area contributed by atoms with Gasteiger partial charge in [-0.2, -0.15) is 5.10 Å². The zero-order valence-electron chi connectivity index (χ0n) is 10.4. The van der Waals surface area contributed by atoms with Crippen molar-refractivity contribution < 1.29 is 14.0 Å². The molecule has 0 atom stereocenters. The minimum Gasteiger partial charge on any atom is -0.467 e. The lowest BCUT2D eigenvalue weighted by Gasteiger charge is -2.01. The standard InChI is InChI=1S/C13H12N4O3/c18-12(15-9-11-4-2-6-20-11)13(19)17-16-8-10-3-1-5-14-7-10/h1-8H,9H2,(H,15,18)(H,17,19)/b16-8-. The highest BCUT2D eigenvalue weighted by atomic mass is 16.3. The molecule has 0 radical (unpaired) electrons. The fraction of sp³-hybridized carbons (Fsp3) is 0.0769. The van der Waals surface area contributed by atoms with Crippen molar-refractivity contribution in [3.63, 3.8) is 0 Å². The number of carbonyl (C=O) groups excluding carboxylic acids is 2. The summed E-state index contributed by atoms with van der Waals surface area (Å²) in [6.07, 6.45) is 6.08. The number of amides is 2. The van der Waals surface area contributed by atoms with Crippen molar-refractivity contribution in [2.24, 2.45) is 5.10 Å². The quantitative estimate of drug-likeness (QED) is 0.479. The van der Waals surface area contributed by atoms with Crippen molar-refractivity contribution in [2.45, 2.75) is 6.54 Å². The van der Waals surface area contributed by atoms with E-state index in [9.17, 15) is 9.59 Å². The van der Waals surface area contributed by atoms with Gasteiger partial charge >= 0.3 is 11.8 Å². The van der Waals surface area contributed by atoms with Gasteiger partial charge in [-0.3, -0.25) is 14.6 Å². The van der Waals surface area contributed by atoms with Crippen LogP contribution >= 0.6 is 0 Å². The SMILES string of the molecule is O=C(NCc1ccco1)C(=O)N/N=C\c1cccnc1. The van der Waals surface area contributed by atoms with Crippen molar-refractivity contribution in [1.29, 1.82) is 0 Å². The third-order valence-corrected chi connectivity index (χ3v) is 2.27. The molecule has 0 aliphatic heterocycles. The number of pyridine rings is 1. The average molecular weight is 272 g/mol. The maximum absolute atomic E-state index is 11.4. The van der Waals surface area contributed by atoms with Gasteiger partial charge in [-0.05, 0) is 18.2 Å². The Labute approximate surface area is 114 Å². The molecule has 0 saturated heterocycles. The highest BCUT2D eigenvalue weighted by molar-refractivity contribution is 6.35. The van der Waals surface area contributed by atoms with Crippen LogP contribution in [0.5, 0.6) is 0 Å². The zero-order valence-corrected chi connectivity index (χ0v) is 10.4. The first-order valence-corrected chi connectivity index (χ1v) is 5.79. The Morgan fingerprint density at radius 3 is 2.90 bits per heavy atom. The zero-order chi connectivity index (χ0) is 14.2. The van der Waals surface area contributed by atoms with E-state index in [1.54, 1.807) is 36.7 Å². The molecular weight excluding hydrogens is 260 g/mol. The third-order valence-electron chi connectivity index (χ3n) is 2.27. The molecule has 2 N–H and O–H groups in total. The van der Waals surface area contributed by atoms with Gasteiger partial charge in [0.05, 0.1) is 19.0 Å². The van der Waals surface area contributed by atoms with Crippen LogP contribution in [0, 0.1) is 0 Å². The number of furan rings is 1. The van der Waals surface area contributed by atoms with E-state index in [1.165, 1.54) is 12.5 Å². The van der Waals surface area contributed by atoms with Gasteiger partial charge in [0.2, 0.25) is 0 Å². The molecular formula is C13H12N4O3. The smallest absolute Gasteiger partial charge is 0.329 e. The molecule has 0 aliphatic carbocycles. The van der Waals surface area contributed by atoms with Crippen LogP contribution in [0.1, 0.15) is 11.3 Å². The summed E-state index contributed by atoms with van der Waals surface area (Å²) >= 11 is 0. The van der Waals surface area contributed by atoms with Crippen molar-refractivity contribution in [1.82, 2.24) is 15.7 Å². The van der Waals surface area contributed by atoms with Gasteiger partial charge in [-0.1, -0.05) is 6.07 Å². The fourth-order valence-corrected chi connectivity index (χ4v) is 1.33. The molecule has 7 nitrogen and oxygen atoms in total. The van der Waals surface area contributed by atoms with Gasteiger partial charge in [-0.15, -0.1) is 0 Å². The van der Waals surface area contributed by atoms with Gasteiger partial charge in [0.15, 0.2) is 0 Å². The van der Waals surface area contributed by atoms with E-state index in [4.69, 9.17) is 4.42 Å².